The monoisotopic (exact) mass is 214 g/mol. The zero-order valence-electron chi connectivity index (χ0n) is 9.99. The van der Waals surface area contributed by atoms with Crippen molar-refractivity contribution >= 4 is 0 Å². The molecule has 16 heavy (non-hydrogen) atoms. The second kappa shape index (κ2) is 7.59. The average molecular weight is 214 g/mol. The Morgan fingerprint density at radius 1 is 1.25 bits per heavy atom. The molecule has 0 aliphatic rings. The summed E-state index contributed by atoms with van der Waals surface area (Å²) >= 11 is 0. The van der Waals surface area contributed by atoms with Gasteiger partial charge in [0.15, 0.2) is 5.76 Å². The lowest BCUT2D eigenvalue weighted by Gasteiger charge is -2.00. The molecule has 0 aromatic heterocycles. The van der Waals surface area contributed by atoms with E-state index in [4.69, 9.17) is 4.74 Å². The first-order chi connectivity index (χ1) is 7.86. The average Bonchev–Trinajstić information content (AvgIpc) is 2.34. The lowest BCUT2D eigenvalue weighted by molar-refractivity contribution is 0.245. The van der Waals surface area contributed by atoms with E-state index in [1.165, 1.54) is 0 Å². The molecule has 1 aromatic carbocycles. The van der Waals surface area contributed by atoms with Crippen LogP contribution in [0.1, 0.15) is 32.3 Å². The van der Waals surface area contributed by atoms with Crippen molar-refractivity contribution in [2.45, 2.75) is 26.7 Å². The number of hydrogen-bond donors (Lipinski definition) is 0. The molecule has 0 radical (unpaired) electrons. The third-order valence-corrected chi connectivity index (χ3v) is 2.02. The molecule has 0 unspecified atom stereocenters. The molecule has 0 atom stereocenters. The van der Waals surface area contributed by atoms with Crippen molar-refractivity contribution in [3.8, 4) is 11.8 Å². The van der Waals surface area contributed by atoms with Gasteiger partial charge < -0.3 is 4.74 Å². The Morgan fingerprint density at radius 3 is 2.62 bits per heavy atom. The predicted octanol–water partition coefficient (Wildman–Crippen LogP) is 3.76. The van der Waals surface area contributed by atoms with E-state index in [0.717, 1.165) is 24.2 Å². The summed E-state index contributed by atoms with van der Waals surface area (Å²) < 4.78 is 5.45. The summed E-state index contributed by atoms with van der Waals surface area (Å²) in [6.07, 6.45) is 4.18. The van der Waals surface area contributed by atoms with Gasteiger partial charge in [0.25, 0.3) is 0 Å². The van der Waals surface area contributed by atoms with E-state index in [0.29, 0.717) is 6.61 Å². The summed E-state index contributed by atoms with van der Waals surface area (Å²) in [6, 6.07) is 9.95. The molecule has 0 aliphatic heterocycles. The van der Waals surface area contributed by atoms with Gasteiger partial charge in [-0.2, -0.15) is 0 Å². The minimum atomic E-state index is 0.666. The fourth-order valence-corrected chi connectivity index (χ4v) is 1.23. The Labute approximate surface area is 98.1 Å². The number of allylic oxidation sites excluding steroid dienone is 2. The summed E-state index contributed by atoms with van der Waals surface area (Å²) in [5.41, 5.74) is 1.02. The van der Waals surface area contributed by atoms with E-state index in [1.807, 2.05) is 37.3 Å². The maximum Gasteiger partial charge on any atom is 0.166 e. The normalized spacial score (nSPS) is 10.5. The van der Waals surface area contributed by atoms with E-state index in [1.54, 1.807) is 0 Å². The van der Waals surface area contributed by atoms with Crippen LogP contribution in [0.2, 0.25) is 0 Å². The summed E-state index contributed by atoms with van der Waals surface area (Å²) in [5, 5.41) is 0. The van der Waals surface area contributed by atoms with Crippen molar-refractivity contribution < 1.29 is 4.74 Å². The molecule has 84 valence electrons. The second-order valence-corrected chi connectivity index (χ2v) is 3.41. The van der Waals surface area contributed by atoms with Crippen molar-refractivity contribution in [3.63, 3.8) is 0 Å². The van der Waals surface area contributed by atoms with Crippen LogP contribution in [0.3, 0.4) is 0 Å². The Hall–Kier alpha value is -1.68. The van der Waals surface area contributed by atoms with E-state index in [2.05, 4.69) is 24.8 Å². The summed E-state index contributed by atoms with van der Waals surface area (Å²) in [7, 11) is 0. The Balaban J connectivity index is 2.72. The third kappa shape index (κ3) is 4.70. The molecule has 1 aromatic rings. The lowest BCUT2D eigenvalue weighted by atomic mass is 10.2. The summed E-state index contributed by atoms with van der Waals surface area (Å²) in [6.45, 7) is 4.79. The van der Waals surface area contributed by atoms with Gasteiger partial charge in [-0.05, 0) is 37.5 Å². The number of ether oxygens (including phenoxy) is 1. The van der Waals surface area contributed by atoms with Crippen LogP contribution in [-0.4, -0.2) is 6.61 Å². The molecule has 0 fully saturated rings. The largest absolute Gasteiger partial charge is 0.486 e. The number of unbranched alkanes of at least 4 members (excludes halogenated alkanes) is 1. The van der Waals surface area contributed by atoms with Crippen LogP contribution in [0, 0.1) is 11.8 Å². The smallest absolute Gasteiger partial charge is 0.166 e. The predicted molar refractivity (Wildman–Crippen MR) is 67.9 cm³/mol. The first-order valence-electron chi connectivity index (χ1n) is 5.76. The molecule has 1 nitrogen and oxygen atoms in total. The van der Waals surface area contributed by atoms with Crippen molar-refractivity contribution in [1.29, 1.82) is 0 Å². The fourth-order valence-electron chi connectivity index (χ4n) is 1.23. The molecular formula is C15H18O. The molecule has 0 saturated carbocycles. The molecule has 0 bridgehead atoms. The van der Waals surface area contributed by atoms with Gasteiger partial charge in [0.2, 0.25) is 0 Å². The van der Waals surface area contributed by atoms with Gasteiger partial charge in [-0.15, -0.1) is 0 Å². The van der Waals surface area contributed by atoms with Crippen LogP contribution in [0.15, 0.2) is 42.2 Å². The highest BCUT2D eigenvalue weighted by molar-refractivity contribution is 5.38. The van der Waals surface area contributed by atoms with Crippen LogP contribution in [0.5, 0.6) is 0 Å². The Bertz CT molecular complexity index is 379. The van der Waals surface area contributed by atoms with Crippen LogP contribution in [0.25, 0.3) is 0 Å². The highest BCUT2D eigenvalue weighted by Crippen LogP contribution is 2.01. The van der Waals surface area contributed by atoms with Crippen molar-refractivity contribution in [1.82, 2.24) is 0 Å². The van der Waals surface area contributed by atoms with Crippen LogP contribution < -0.4 is 0 Å². The standard InChI is InChI=1S/C15H18O/c1-3-5-11-15(16-4-2)13-12-14-9-7-6-8-10-14/h6-11H,3-5H2,1-2H3/b15-11-. The molecule has 1 heteroatoms. The molecule has 1 rings (SSSR count). The first kappa shape index (κ1) is 12.4. The third-order valence-electron chi connectivity index (χ3n) is 2.02. The van der Waals surface area contributed by atoms with Crippen LogP contribution >= 0.6 is 0 Å². The van der Waals surface area contributed by atoms with Gasteiger partial charge in [-0.25, -0.2) is 0 Å². The highest BCUT2D eigenvalue weighted by Gasteiger charge is 1.90. The molecular weight excluding hydrogens is 196 g/mol. The molecule has 0 spiro atoms. The fraction of sp³-hybridized carbons (Fsp3) is 0.333. The molecule has 0 aliphatic carbocycles. The summed E-state index contributed by atoms with van der Waals surface area (Å²) in [4.78, 5) is 0. The SMILES string of the molecule is CCC/C=C(/C#Cc1ccccc1)OCC. The van der Waals surface area contributed by atoms with Gasteiger partial charge in [0.1, 0.15) is 0 Å². The lowest BCUT2D eigenvalue weighted by Crippen LogP contribution is -1.89. The van der Waals surface area contributed by atoms with E-state index >= 15 is 0 Å². The minimum Gasteiger partial charge on any atom is -0.486 e. The van der Waals surface area contributed by atoms with Crippen LogP contribution in [0.4, 0.5) is 0 Å². The van der Waals surface area contributed by atoms with Gasteiger partial charge in [0.05, 0.1) is 6.61 Å². The second-order valence-electron chi connectivity index (χ2n) is 3.41. The zero-order chi connectivity index (χ0) is 11.6. The van der Waals surface area contributed by atoms with Crippen LogP contribution in [-0.2, 0) is 4.74 Å². The molecule has 0 heterocycles. The molecule has 0 amide bonds. The van der Waals surface area contributed by atoms with E-state index < -0.39 is 0 Å². The molecule has 0 N–H and O–H groups in total. The Morgan fingerprint density at radius 2 is 2.00 bits per heavy atom. The zero-order valence-corrected chi connectivity index (χ0v) is 9.99. The van der Waals surface area contributed by atoms with Gasteiger partial charge in [-0.1, -0.05) is 37.5 Å². The topological polar surface area (TPSA) is 9.23 Å². The van der Waals surface area contributed by atoms with Crippen molar-refractivity contribution in [2.24, 2.45) is 0 Å². The molecule has 0 saturated heterocycles. The van der Waals surface area contributed by atoms with Gasteiger partial charge >= 0.3 is 0 Å². The van der Waals surface area contributed by atoms with Gasteiger partial charge in [-0.3, -0.25) is 0 Å². The maximum absolute atomic E-state index is 5.45. The quantitative estimate of drug-likeness (QED) is 0.547. The number of rotatable bonds is 4. The Kier molecular flexibility index (Phi) is 5.88. The first-order valence-corrected chi connectivity index (χ1v) is 5.76. The highest BCUT2D eigenvalue weighted by atomic mass is 16.5. The summed E-state index contributed by atoms with van der Waals surface area (Å²) in [5.74, 6) is 6.94. The minimum absolute atomic E-state index is 0.666. The van der Waals surface area contributed by atoms with Gasteiger partial charge in [0, 0.05) is 5.56 Å². The number of benzene rings is 1. The van der Waals surface area contributed by atoms with E-state index in [9.17, 15) is 0 Å². The number of hydrogen-bond acceptors (Lipinski definition) is 1. The van der Waals surface area contributed by atoms with Crippen molar-refractivity contribution in [3.05, 3.63) is 47.7 Å². The van der Waals surface area contributed by atoms with E-state index in [-0.39, 0.29) is 0 Å². The van der Waals surface area contributed by atoms with Crippen molar-refractivity contribution in [2.75, 3.05) is 6.61 Å². The maximum atomic E-state index is 5.45.